The molecule has 0 saturated carbocycles. The van der Waals surface area contributed by atoms with Crippen molar-refractivity contribution in [2.45, 2.75) is 40.2 Å². The number of rotatable bonds is 5. The minimum absolute atomic E-state index is 0.0127. The van der Waals surface area contributed by atoms with Gasteiger partial charge in [-0.1, -0.05) is 19.9 Å². The molecule has 0 aliphatic rings. The van der Waals surface area contributed by atoms with Crippen LogP contribution in [0.4, 0.5) is 5.69 Å². The Balaban J connectivity index is 3.14. The molecular weight excluding hydrogens is 246 g/mol. The van der Waals surface area contributed by atoms with Crippen LogP contribution in [-0.2, 0) is 16.0 Å². The van der Waals surface area contributed by atoms with Gasteiger partial charge < -0.3 is 4.74 Å². The molecule has 0 heterocycles. The molecule has 0 fully saturated rings. The van der Waals surface area contributed by atoms with Crippen LogP contribution in [0.3, 0.4) is 0 Å². The zero-order valence-electron chi connectivity index (χ0n) is 11.7. The highest BCUT2D eigenvalue weighted by molar-refractivity contribution is 5.66. The number of ether oxygens (including phenoxy) is 1. The van der Waals surface area contributed by atoms with E-state index in [1.54, 1.807) is 19.1 Å². The monoisotopic (exact) mass is 265 g/mol. The maximum Gasteiger partial charge on any atom is 0.303 e. The Hall–Kier alpha value is -1.91. The standard InChI is InChI=1S/C14H19NO4/c1-9(2)7-12-5-6-14(15(17)18)13(8-12)10(3)19-11(4)16/h5-6,8-10H,7H2,1-4H3. The van der Waals surface area contributed by atoms with Gasteiger partial charge in [-0.25, -0.2) is 0 Å². The Morgan fingerprint density at radius 2 is 2.00 bits per heavy atom. The van der Waals surface area contributed by atoms with E-state index in [2.05, 4.69) is 13.8 Å². The van der Waals surface area contributed by atoms with Crippen LogP contribution in [0.5, 0.6) is 0 Å². The van der Waals surface area contributed by atoms with E-state index in [1.807, 2.05) is 0 Å². The van der Waals surface area contributed by atoms with Gasteiger partial charge in [0.25, 0.3) is 5.69 Å². The number of hydrogen-bond donors (Lipinski definition) is 0. The molecule has 0 saturated heterocycles. The molecular formula is C14H19NO4. The summed E-state index contributed by atoms with van der Waals surface area (Å²) in [4.78, 5) is 21.5. The van der Waals surface area contributed by atoms with E-state index in [0.717, 1.165) is 12.0 Å². The fourth-order valence-electron chi connectivity index (χ4n) is 2.01. The Bertz CT molecular complexity index is 482. The number of hydrogen-bond acceptors (Lipinski definition) is 4. The first-order chi connectivity index (χ1) is 8.81. The minimum Gasteiger partial charge on any atom is -0.458 e. The van der Waals surface area contributed by atoms with Crippen LogP contribution in [-0.4, -0.2) is 10.9 Å². The van der Waals surface area contributed by atoms with Crippen LogP contribution in [0, 0.1) is 16.0 Å². The number of carbonyl (C=O) groups is 1. The van der Waals surface area contributed by atoms with Gasteiger partial charge in [0.05, 0.1) is 10.5 Å². The van der Waals surface area contributed by atoms with Gasteiger partial charge in [-0.05, 0) is 30.9 Å². The predicted molar refractivity (Wildman–Crippen MR) is 71.8 cm³/mol. The Labute approximate surface area is 112 Å². The van der Waals surface area contributed by atoms with Crippen LogP contribution in [0.25, 0.3) is 0 Å². The first-order valence-electron chi connectivity index (χ1n) is 6.25. The number of nitro groups is 1. The van der Waals surface area contributed by atoms with E-state index in [-0.39, 0.29) is 5.69 Å². The van der Waals surface area contributed by atoms with Gasteiger partial charge in [-0.2, -0.15) is 0 Å². The van der Waals surface area contributed by atoms with E-state index in [9.17, 15) is 14.9 Å². The maximum absolute atomic E-state index is 11.0. The summed E-state index contributed by atoms with van der Waals surface area (Å²) in [5.41, 5.74) is 1.44. The lowest BCUT2D eigenvalue weighted by Gasteiger charge is -2.14. The van der Waals surface area contributed by atoms with Crippen LogP contribution in [0.15, 0.2) is 18.2 Å². The van der Waals surface area contributed by atoms with E-state index < -0.39 is 17.0 Å². The van der Waals surface area contributed by atoms with E-state index in [4.69, 9.17) is 4.74 Å². The van der Waals surface area contributed by atoms with E-state index in [1.165, 1.54) is 13.0 Å². The summed E-state index contributed by atoms with van der Waals surface area (Å²) in [6, 6.07) is 4.99. The molecule has 0 aliphatic carbocycles. The summed E-state index contributed by atoms with van der Waals surface area (Å²) < 4.78 is 5.04. The second-order valence-electron chi connectivity index (χ2n) is 5.00. The number of esters is 1. The summed E-state index contributed by atoms with van der Waals surface area (Å²) in [7, 11) is 0. The van der Waals surface area contributed by atoms with Gasteiger partial charge in [-0.3, -0.25) is 14.9 Å². The number of carbonyl (C=O) groups excluding carboxylic acids is 1. The maximum atomic E-state index is 11.0. The average molecular weight is 265 g/mol. The van der Waals surface area contributed by atoms with Crippen molar-refractivity contribution in [3.05, 3.63) is 39.4 Å². The van der Waals surface area contributed by atoms with Crippen molar-refractivity contribution in [1.82, 2.24) is 0 Å². The molecule has 5 nitrogen and oxygen atoms in total. The topological polar surface area (TPSA) is 69.4 Å². The van der Waals surface area contributed by atoms with Crippen molar-refractivity contribution in [1.29, 1.82) is 0 Å². The van der Waals surface area contributed by atoms with Crippen LogP contribution in [0.2, 0.25) is 0 Å². The van der Waals surface area contributed by atoms with Crippen molar-refractivity contribution >= 4 is 11.7 Å². The van der Waals surface area contributed by atoms with E-state index >= 15 is 0 Å². The quantitative estimate of drug-likeness (QED) is 0.464. The highest BCUT2D eigenvalue weighted by Gasteiger charge is 2.21. The third-order valence-corrected chi connectivity index (χ3v) is 2.71. The van der Waals surface area contributed by atoms with Crippen LogP contribution >= 0.6 is 0 Å². The molecule has 0 bridgehead atoms. The SMILES string of the molecule is CC(=O)OC(C)c1cc(CC(C)C)ccc1[N+](=O)[O-]. The lowest BCUT2D eigenvalue weighted by molar-refractivity contribution is -0.386. The van der Waals surface area contributed by atoms with Crippen LogP contribution in [0.1, 0.15) is 44.9 Å². The second-order valence-corrected chi connectivity index (χ2v) is 5.00. The molecule has 1 unspecified atom stereocenters. The molecule has 0 aromatic heterocycles. The summed E-state index contributed by atoms with van der Waals surface area (Å²) >= 11 is 0. The van der Waals surface area contributed by atoms with Gasteiger partial charge in [0.2, 0.25) is 0 Å². The number of benzene rings is 1. The van der Waals surface area contributed by atoms with Crippen LogP contribution < -0.4 is 0 Å². The third-order valence-electron chi connectivity index (χ3n) is 2.71. The second kappa shape index (κ2) is 6.31. The molecule has 0 spiro atoms. The van der Waals surface area contributed by atoms with Crippen molar-refractivity contribution < 1.29 is 14.5 Å². The van der Waals surface area contributed by atoms with Gasteiger partial charge in [0.15, 0.2) is 0 Å². The zero-order valence-corrected chi connectivity index (χ0v) is 11.7. The highest BCUT2D eigenvalue weighted by atomic mass is 16.6. The first kappa shape index (κ1) is 15.1. The van der Waals surface area contributed by atoms with Crippen molar-refractivity contribution in [3.63, 3.8) is 0 Å². The lowest BCUT2D eigenvalue weighted by atomic mass is 9.98. The molecule has 1 aromatic rings. The fraction of sp³-hybridized carbons (Fsp3) is 0.500. The largest absolute Gasteiger partial charge is 0.458 e. The number of nitrogens with zero attached hydrogens (tertiary/aromatic N) is 1. The third kappa shape index (κ3) is 4.35. The highest BCUT2D eigenvalue weighted by Crippen LogP contribution is 2.29. The smallest absolute Gasteiger partial charge is 0.303 e. The van der Waals surface area contributed by atoms with Crippen molar-refractivity contribution in [3.8, 4) is 0 Å². The summed E-state index contributed by atoms with van der Waals surface area (Å²) in [5.74, 6) is 0.00870. The lowest BCUT2D eigenvalue weighted by Crippen LogP contribution is -2.08. The Morgan fingerprint density at radius 1 is 1.37 bits per heavy atom. The molecule has 19 heavy (non-hydrogen) atoms. The molecule has 5 heteroatoms. The molecule has 1 rings (SSSR count). The molecule has 0 aliphatic heterocycles. The normalized spacial score (nSPS) is 12.3. The van der Waals surface area contributed by atoms with Gasteiger partial charge in [0.1, 0.15) is 6.10 Å². The average Bonchev–Trinajstić information content (AvgIpc) is 2.26. The molecule has 0 amide bonds. The zero-order chi connectivity index (χ0) is 14.6. The molecule has 1 aromatic carbocycles. The first-order valence-corrected chi connectivity index (χ1v) is 6.25. The molecule has 0 radical (unpaired) electrons. The van der Waals surface area contributed by atoms with Gasteiger partial charge in [0, 0.05) is 13.0 Å². The van der Waals surface area contributed by atoms with Crippen molar-refractivity contribution in [2.24, 2.45) is 5.92 Å². The molecule has 104 valence electrons. The van der Waals surface area contributed by atoms with Gasteiger partial charge >= 0.3 is 5.97 Å². The fourth-order valence-corrected chi connectivity index (χ4v) is 2.01. The van der Waals surface area contributed by atoms with Gasteiger partial charge in [-0.15, -0.1) is 0 Å². The summed E-state index contributed by atoms with van der Waals surface area (Å²) in [6.45, 7) is 7.09. The Kier molecular flexibility index (Phi) is 5.03. The van der Waals surface area contributed by atoms with Crippen molar-refractivity contribution in [2.75, 3.05) is 0 Å². The Morgan fingerprint density at radius 3 is 2.47 bits per heavy atom. The van der Waals surface area contributed by atoms with E-state index in [0.29, 0.717) is 11.5 Å². The minimum atomic E-state index is -0.620. The molecule has 0 N–H and O–H groups in total. The molecule has 1 atom stereocenters. The predicted octanol–water partition coefficient (Wildman–Crippen LogP) is 3.42. The summed E-state index contributed by atoms with van der Waals surface area (Å²) in [5, 5.41) is 11.0. The number of nitro benzene ring substituents is 1. The summed E-state index contributed by atoms with van der Waals surface area (Å²) in [6.07, 6.45) is 0.211.